The van der Waals surface area contributed by atoms with Crippen molar-refractivity contribution in [3.63, 3.8) is 0 Å². The van der Waals surface area contributed by atoms with Gasteiger partial charge < -0.3 is 10.1 Å². The van der Waals surface area contributed by atoms with Crippen LogP contribution in [0.1, 0.15) is 58.7 Å². The Morgan fingerprint density at radius 2 is 1.95 bits per heavy atom. The van der Waals surface area contributed by atoms with E-state index in [1.165, 1.54) is 10.7 Å². The van der Waals surface area contributed by atoms with Crippen molar-refractivity contribution in [2.45, 2.75) is 71.4 Å². The summed E-state index contributed by atoms with van der Waals surface area (Å²) in [5.41, 5.74) is 1.16. The summed E-state index contributed by atoms with van der Waals surface area (Å²) >= 11 is 1.76. The molecule has 0 aliphatic rings. The molecule has 116 valence electrons. The number of aromatic nitrogens is 1. The molecule has 0 aliphatic carbocycles. The monoisotopic (exact) mass is 298 g/mol. The van der Waals surface area contributed by atoms with Gasteiger partial charge in [-0.1, -0.05) is 34.6 Å². The molecule has 3 nitrogen and oxygen atoms in total. The highest BCUT2D eigenvalue weighted by atomic mass is 32.1. The lowest BCUT2D eigenvalue weighted by Gasteiger charge is -2.36. The normalized spacial score (nSPS) is 16.9. The minimum atomic E-state index is -0.149. The van der Waals surface area contributed by atoms with Crippen molar-refractivity contribution in [3.05, 3.63) is 16.1 Å². The Morgan fingerprint density at radius 1 is 1.30 bits per heavy atom. The average Bonchev–Trinajstić information content (AvgIpc) is 2.86. The summed E-state index contributed by atoms with van der Waals surface area (Å²) in [6, 6.07) is 0.293. The van der Waals surface area contributed by atoms with Gasteiger partial charge in [-0.3, -0.25) is 0 Å². The van der Waals surface area contributed by atoms with Gasteiger partial charge in [0.05, 0.1) is 16.3 Å². The topological polar surface area (TPSA) is 34.2 Å². The van der Waals surface area contributed by atoms with Crippen LogP contribution in [0, 0.1) is 0 Å². The van der Waals surface area contributed by atoms with E-state index in [0.29, 0.717) is 6.04 Å². The predicted molar refractivity (Wildman–Crippen MR) is 87.7 cm³/mol. The fraction of sp³-hybridized carbons (Fsp3) is 0.812. The molecule has 2 atom stereocenters. The van der Waals surface area contributed by atoms with E-state index in [-0.39, 0.29) is 11.0 Å². The number of nitrogens with one attached hydrogen (secondary N) is 1. The van der Waals surface area contributed by atoms with E-state index >= 15 is 0 Å². The molecule has 20 heavy (non-hydrogen) atoms. The number of hydrogen-bond acceptors (Lipinski definition) is 4. The van der Waals surface area contributed by atoms with Crippen LogP contribution in [-0.4, -0.2) is 30.3 Å². The molecule has 1 rings (SSSR count). The first-order valence-electron chi connectivity index (χ1n) is 7.50. The summed E-state index contributed by atoms with van der Waals surface area (Å²) in [6.07, 6.45) is 1.91. The zero-order valence-corrected chi connectivity index (χ0v) is 14.9. The van der Waals surface area contributed by atoms with Crippen molar-refractivity contribution in [1.82, 2.24) is 10.3 Å². The lowest BCUT2D eigenvalue weighted by Crippen LogP contribution is -2.51. The zero-order chi connectivity index (χ0) is 15.4. The summed E-state index contributed by atoms with van der Waals surface area (Å²) in [5.74, 6) is 0. The maximum atomic E-state index is 5.76. The number of likely N-dealkylation sites (N-methyl/N-ethyl adjacent to an activating group) is 1. The molecule has 0 saturated carbocycles. The summed E-state index contributed by atoms with van der Waals surface area (Å²) in [7, 11) is 1.80. The first-order valence-corrected chi connectivity index (χ1v) is 8.38. The Balaban J connectivity index is 2.88. The zero-order valence-electron chi connectivity index (χ0n) is 14.0. The summed E-state index contributed by atoms with van der Waals surface area (Å²) < 4.78 is 5.76. The van der Waals surface area contributed by atoms with Gasteiger partial charge in [-0.15, -0.1) is 11.3 Å². The molecule has 0 saturated heterocycles. The van der Waals surface area contributed by atoms with Gasteiger partial charge in [0.15, 0.2) is 0 Å². The van der Waals surface area contributed by atoms with E-state index in [1.54, 1.807) is 18.4 Å². The Labute approximate surface area is 128 Å². The van der Waals surface area contributed by atoms with Gasteiger partial charge in [-0.05, 0) is 19.9 Å². The lowest BCUT2D eigenvalue weighted by molar-refractivity contribution is -0.0283. The maximum Gasteiger partial charge on any atom is 0.0945 e. The van der Waals surface area contributed by atoms with Crippen LogP contribution in [0.15, 0.2) is 5.38 Å². The van der Waals surface area contributed by atoms with Gasteiger partial charge in [0.1, 0.15) is 0 Å². The van der Waals surface area contributed by atoms with E-state index in [9.17, 15) is 0 Å². The van der Waals surface area contributed by atoms with Crippen molar-refractivity contribution in [2.75, 3.05) is 13.7 Å². The molecule has 0 amide bonds. The average molecular weight is 298 g/mol. The number of thiazole rings is 1. The van der Waals surface area contributed by atoms with E-state index in [0.717, 1.165) is 19.4 Å². The lowest BCUT2D eigenvalue weighted by atomic mass is 9.90. The molecular formula is C16H30N2OS. The molecule has 2 unspecified atom stereocenters. The van der Waals surface area contributed by atoms with Crippen LogP contribution >= 0.6 is 11.3 Å². The Morgan fingerprint density at radius 3 is 2.35 bits per heavy atom. The van der Waals surface area contributed by atoms with Gasteiger partial charge >= 0.3 is 0 Å². The SMILES string of the molecule is CCNC(Cc1nc(C(C)(C)C)cs1)C(C)(CC)OC. The summed E-state index contributed by atoms with van der Waals surface area (Å²) in [5, 5.41) is 6.94. The third-order valence-electron chi connectivity index (χ3n) is 4.05. The van der Waals surface area contributed by atoms with Crippen LogP contribution in [0.2, 0.25) is 0 Å². The van der Waals surface area contributed by atoms with E-state index in [1.807, 2.05) is 0 Å². The molecule has 1 heterocycles. The number of methoxy groups -OCH3 is 1. The highest BCUT2D eigenvalue weighted by Crippen LogP contribution is 2.27. The first kappa shape index (κ1) is 17.6. The van der Waals surface area contributed by atoms with Gasteiger partial charge in [-0.25, -0.2) is 4.98 Å². The summed E-state index contributed by atoms with van der Waals surface area (Å²) in [6.45, 7) is 14.1. The summed E-state index contributed by atoms with van der Waals surface area (Å²) in [4.78, 5) is 4.81. The first-order chi connectivity index (χ1) is 9.26. The van der Waals surface area contributed by atoms with E-state index in [2.05, 4.69) is 52.2 Å². The number of hydrogen-bond donors (Lipinski definition) is 1. The van der Waals surface area contributed by atoms with E-state index < -0.39 is 0 Å². The van der Waals surface area contributed by atoms with Crippen LogP contribution in [0.3, 0.4) is 0 Å². The number of nitrogens with zero attached hydrogens (tertiary/aromatic N) is 1. The second kappa shape index (κ2) is 7.01. The molecule has 1 aromatic heterocycles. The third kappa shape index (κ3) is 4.27. The van der Waals surface area contributed by atoms with Crippen molar-refractivity contribution in [3.8, 4) is 0 Å². The van der Waals surface area contributed by atoms with Gasteiger partial charge in [0.25, 0.3) is 0 Å². The smallest absolute Gasteiger partial charge is 0.0945 e. The van der Waals surface area contributed by atoms with Crippen LogP contribution in [0.5, 0.6) is 0 Å². The fourth-order valence-corrected chi connectivity index (χ4v) is 3.27. The highest BCUT2D eigenvalue weighted by molar-refractivity contribution is 7.09. The molecule has 0 aromatic carbocycles. The van der Waals surface area contributed by atoms with Crippen LogP contribution in [0.4, 0.5) is 0 Å². The van der Waals surface area contributed by atoms with Crippen LogP contribution < -0.4 is 5.32 Å². The Bertz CT molecular complexity index is 405. The molecule has 1 N–H and O–H groups in total. The quantitative estimate of drug-likeness (QED) is 0.832. The molecule has 1 aromatic rings. The standard InChI is InChI=1S/C16H30N2OS/c1-8-16(6,19-7)12(17-9-2)10-14-18-13(11-20-14)15(3,4)5/h11-12,17H,8-10H2,1-7H3. The molecule has 0 radical (unpaired) electrons. The largest absolute Gasteiger partial charge is 0.377 e. The third-order valence-corrected chi connectivity index (χ3v) is 4.93. The van der Waals surface area contributed by atoms with E-state index in [4.69, 9.17) is 9.72 Å². The van der Waals surface area contributed by atoms with Crippen molar-refractivity contribution in [2.24, 2.45) is 0 Å². The van der Waals surface area contributed by atoms with Crippen LogP contribution in [0.25, 0.3) is 0 Å². The minimum absolute atomic E-state index is 0.123. The second-order valence-corrected chi connectivity index (χ2v) is 7.50. The highest BCUT2D eigenvalue weighted by Gasteiger charge is 2.33. The van der Waals surface area contributed by atoms with Crippen molar-refractivity contribution < 1.29 is 4.74 Å². The molecule has 4 heteroatoms. The molecule has 0 aliphatic heterocycles. The second-order valence-electron chi connectivity index (χ2n) is 6.56. The minimum Gasteiger partial charge on any atom is -0.377 e. The van der Waals surface area contributed by atoms with Gasteiger partial charge in [-0.2, -0.15) is 0 Å². The predicted octanol–water partition coefficient (Wildman–Crippen LogP) is 3.78. The molecular weight excluding hydrogens is 268 g/mol. The Hall–Kier alpha value is -0.450. The molecule has 0 fully saturated rings. The van der Waals surface area contributed by atoms with Gasteiger partial charge in [0.2, 0.25) is 0 Å². The number of rotatable bonds is 7. The van der Waals surface area contributed by atoms with Gasteiger partial charge in [0, 0.05) is 30.4 Å². The molecule has 0 bridgehead atoms. The number of ether oxygens (including phenoxy) is 1. The molecule has 0 spiro atoms. The van der Waals surface area contributed by atoms with Crippen molar-refractivity contribution >= 4 is 11.3 Å². The fourth-order valence-electron chi connectivity index (χ4n) is 2.21. The van der Waals surface area contributed by atoms with Crippen molar-refractivity contribution in [1.29, 1.82) is 0 Å². The van der Waals surface area contributed by atoms with Crippen LogP contribution in [-0.2, 0) is 16.6 Å². The maximum absolute atomic E-state index is 5.76. The Kier molecular flexibility index (Phi) is 6.17.